The maximum atomic E-state index is 2.28. The van der Waals surface area contributed by atoms with E-state index in [1.165, 1.54) is 25.7 Å². The molecule has 0 saturated carbocycles. The number of hydrogen-bond acceptors (Lipinski definition) is 0. The normalized spacial score (nSPS) is 32.3. The van der Waals surface area contributed by atoms with Gasteiger partial charge in [0.1, 0.15) is 0 Å². The van der Waals surface area contributed by atoms with Gasteiger partial charge in [0.25, 0.3) is 0 Å². The second-order valence-corrected chi connectivity index (χ2v) is 2.94. The summed E-state index contributed by atoms with van der Waals surface area (Å²) in [6, 6.07) is 0. The Morgan fingerprint density at radius 1 is 1.30 bits per heavy atom. The van der Waals surface area contributed by atoms with Crippen molar-refractivity contribution in [3.63, 3.8) is 0 Å². The van der Waals surface area contributed by atoms with Crippen LogP contribution in [0.5, 0.6) is 0 Å². The lowest BCUT2D eigenvalue weighted by atomic mass is 9.95. The Kier molecular flexibility index (Phi) is 3.28. The van der Waals surface area contributed by atoms with Crippen LogP contribution in [0.25, 0.3) is 0 Å². The maximum Gasteiger partial charge on any atom is -0.0319 e. The molecule has 0 fully saturated rings. The van der Waals surface area contributed by atoms with Gasteiger partial charge >= 0.3 is 0 Å². The van der Waals surface area contributed by atoms with Gasteiger partial charge in [-0.3, -0.25) is 0 Å². The van der Waals surface area contributed by atoms with Crippen LogP contribution < -0.4 is 0 Å². The molecule has 10 heavy (non-hydrogen) atoms. The van der Waals surface area contributed by atoms with Crippen molar-refractivity contribution in [2.75, 3.05) is 0 Å². The Bertz CT molecular complexity index is 131. The molecule has 1 unspecified atom stereocenters. The fraction of sp³-hybridized carbons (Fsp3) is 0.600. The third-order valence-electron chi connectivity index (χ3n) is 2.17. The molecule has 56 valence electrons. The second-order valence-electron chi connectivity index (χ2n) is 2.94. The van der Waals surface area contributed by atoms with Crippen molar-refractivity contribution in [3.8, 4) is 0 Å². The fourth-order valence-corrected chi connectivity index (χ4v) is 1.34. The lowest BCUT2D eigenvalue weighted by molar-refractivity contribution is 0.479. The molecule has 1 aliphatic carbocycles. The lowest BCUT2D eigenvalue weighted by Crippen LogP contribution is -1.96. The standard InChI is InChI=1S/C10H16/c1-2-10-8-6-4-3-5-7-9-10/h3-6,10H,2,7-9H2,1H3/b5-3-,6-4-. The van der Waals surface area contributed by atoms with Gasteiger partial charge in [-0.05, 0) is 25.2 Å². The average molecular weight is 136 g/mol. The van der Waals surface area contributed by atoms with E-state index in [-0.39, 0.29) is 0 Å². The molecule has 0 spiro atoms. The highest BCUT2D eigenvalue weighted by Gasteiger charge is 2.02. The Hall–Kier alpha value is -0.520. The minimum Gasteiger partial charge on any atom is -0.0845 e. The summed E-state index contributed by atoms with van der Waals surface area (Å²) >= 11 is 0. The van der Waals surface area contributed by atoms with Crippen molar-refractivity contribution in [2.24, 2.45) is 5.92 Å². The van der Waals surface area contributed by atoms with E-state index in [1.807, 2.05) is 0 Å². The monoisotopic (exact) mass is 136 g/mol. The van der Waals surface area contributed by atoms with E-state index >= 15 is 0 Å². The van der Waals surface area contributed by atoms with Crippen LogP contribution in [-0.2, 0) is 0 Å². The topological polar surface area (TPSA) is 0 Å². The summed E-state index contributed by atoms with van der Waals surface area (Å²) in [5.41, 5.74) is 0. The first-order valence-corrected chi connectivity index (χ1v) is 4.25. The number of hydrogen-bond donors (Lipinski definition) is 0. The van der Waals surface area contributed by atoms with Crippen molar-refractivity contribution in [2.45, 2.75) is 32.6 Å². The molecule has 0 heteroatoms. The minimum atomic E-state index is 0.932. The molecule has 1 atom stereocenters. The number of allylic oxidation sites excluding steroid dienone is 4. The van der Waals surface area contributed by atoms with Gasteiger partial charge in [-0.2, -0.15) is 0 Å². The van der Waals surface area contributed by atoms with E-state index in [9.17, 15) is 0 Å². The van der Waals surface area contributed by atoms with Crippen LogP contribution in [0.4, 0.5) is 0 Å². The molecule has 1 rings (SSSR count). The highest BCUT2D eigenvalue weighted by Crippen LogP contribution is 2.17. The number of rotatable bonds is 1. The highest BCUT2D eigenvalue weighted by molar-refractivity contribution is 5.04. The van der Waals surface area contributed by atoms with E-state index in [0.717, 1.165) is 5.92 Å². The van der Waals surface area contributed by atoms with Crippen molar-refractivity contribution < 1.29 is 0 Å². The van der Waals surface area contributed by atoms with Crippen molar-refractivity contribution >= 4 is 0 Å². The average Bonchev–Trinajstić information content (AvgIpc) is 1.87. The fourth-order valence-electron chi connectivity index (χ4n) is 1.34. The van der Waals surface area contributed by atoms with Gasteiger partial charge in [-0.1, -0.05) is 37.6 Å². The first-order chi connectivity index (χ1) is 4.93. The molecule has 0 aromatic rings. The molecule has 0 bridgehead atoms. The van der Waals surface area contributed by atoms with Crippen LogP contribution in [0.15, 0.2) is 24.3 Å². The Balaban J connectivity index is 2.38. The van der Waals surface area contributed by atoms with Crippen LogP contribution in [0.1, 0.15) is 32.6 Å². The lowest BCUT2D eigenvalue weighted by Gasteiger charge is -2.11. The van der Waals surface area contributed by atoms with E-state index < -0.39 is 0 Å². The largest absolute Gasteiger partial charge is 0.0845 e. The van der Waals surface area contributed by atoms with Gasteiger partial charge in [0.2, 0.25) is 0 Å². The summed E-state index contributed by atoms with van der Waals surface area (Å²) < 4.78 is 0. The van der Waals surface area contributed by atoms with Crippen LogP contribution in [0, 0.1) is 5.92 Å². The van der Waals surface area contributed by atoms with Crippen molar-refractivity contribution in [1.29, 1.82) is 0 Å². The predicted octanol–water partition coefficient (Wildman–Crippen LogP) is 3.31. The van der Waals surface area contributed by atoms with Crippen molar-refractivity contribution in [1.82, 2.24) is 0 Å². The first-order valence-electron chi connectivity index (χ1n) is 4.25. The van der Waals surface area contributed by atoms with Crippen LogP contribution in [0.3, 0.4) is 0 Å². The summed E-state index contributed by atoms with van der Waals surface area (Å²) in [5, 5.41) is 0. The third-order valence-corrected chi connectivity index (χ3v) is 2.17. The smallest absolute Gasteiger partial charge is 0.0319 e. The molecule has 0 aliphatic heterocycles. The molecule has 0 heterocycles. The zero-order chi connectivity index (χ0) is 7.23. The minimum absolute atomic E-state index is 0.932. The predicted molar refractivity (Wildman–Crippen MR) is 45.9 cm³/mol. The van der Waals surface area contributed by atoms with E-state index in [0.29, 0.717) is 0 Å². The maximum absolute atomic E-state index is 2.28. The van der Waals surface area contributed by atoms with Crippen LogP contribution in [0.2, 0.25) is 0 Å². The van der Waals surface area contributed by atoms with Gasteiger partial charge in [0, 0.05) is 0 Å². The Morgan fingerprint density at radius 3 is 2.90 bits per heavy atom. The SMILES string of the molecule is CCC1C/C=C\C=C/CC1. The van der Waals surface area contributed by atoms with E-state index in [1.54, 1.807) is 0 Å². The summed E-state index contributed by atoms with van der Waals surface area (Å²) in [4.78, 5) is 0. The molecule has 0 nitrogen and oxygen atoms in total. The molecule has 0 aromatic carbocycles. The van der Waals surface area contributed by atoms with E-state index in [2.05, 4.69) is 31.2 Å². The van der Waals surface area contributed by atoms with E-state index in [4.69, 9.17) is 0 Å². The van der Waals surface area contributed by atoms with Crippen LogP contribution in [-0.4, -0.2) is 0 Å². The molecule has 1 aliphatic rings. The van der Waals surface area contributed by atoms with Crippen LogP contribution >= 0.6 is 0 Å². The van der Waals surface area contributed by atoms with Gasteiger partial charge in [-0.25, -0.2) is 0 Å². The summed E-state index contributed by atoms with van der Waals surface area (Å²) in [7, 11) is 0. The summed E-state index contributed by atoms with van der Waals surface area (Å²) in [6.07, 6.45) is 14.1. The van der Waals surface area contributed by atoms with Crippen molar-refractivity contribution in [3.05, 3.63) is 24.3 Å². The molecule has 0 aromatic heterocycles. The quantitative estimate of drug-likeness (QED) is 0.518. The Morgan fingerprint density at radius 2 is 2.10 bits per heavy atom. The second kappa shape index (κ2) is 4.32. The zero-order valence-corrected chi connectivity index (χ0v) is 6.72. The highest BCUT2D eigenvalue weighted by atomic mass is 14.1. The first kappa shape index (κ1) is 7.59. The summed E-state index contributed by atoms with van der Waals surface area (Å²) in [5.74, 6) is 0.932. The molecule has 0 radical (unpaired) electrons. The van der Waals surface area contributed by atoms with Gasteiger partial charge in [0.05, 0.1) is 0 Å². The summed E-state index contributed by atoms with van der Waals surface area (Å²) in [6.45, 7) is 2.28. The molecule has 0 N–H and O–H groups in total. The molecule has 0 saturated heterocycles. The third kappa shape index (κ3) is 2.38. The van der Waals surface area contributed by atoms with Gasteiger partial charge in [-0.15, -0.1) is 0 Å². The molecule has 0 amide bonds. The van der Waals surface area contributed by atoms with Gasteiger partial charge < -0.3 is 0 Å². The molecular formula is C10H16. The molecular weight excluding hydrogens is 120 g/mol. The van der Waals surface area contributed by atoms with Gasteiger partial charge in [0.15, 0.2) is 0 Å². The zero-order valence-electron chi connectivity index (χ0n) is 6.72. The Labute approximate surface area is 63.6 Å².